The Morgan fingerprint density at radius 3 is 2.02 bits per heavy atom. The summed E-state index contributed by atoms with van der Waals surface area (Å²) in [5.41, 5.74) is 4.09. The van der Waals surface area contributed by atoms with Crippen molar-refractivity contribution in [2.45, 2.75) is 122 Å². The minimum Gasteiger partial charge on any atom is -1.00 e. The quantitative estimate of drug-likeness (QED) is 0.156. The van der Waals surface area contributed by atoms with Crippen LogP contribution in [0.2, 0.25) is 36.3 Å². The standard InChI is InChI=1S/C30H57N4O8SSi2.HI/c1-21-18-33(27(36)32(25(21)35)16-15-17-34(8,9)10)26-24(41-45(13,14)29(5,6)7)30(22(31)20-43(37,38)42-30)23(40-26)19-39-44(11,12)28(2,3)4;/h18,20,23-24,26H,15-17,19,31H2,1-14H3;1H/q+1;/p-1. The molecule has 2 aliphatic heterocycles. The molecular formula is C30H57IN4O8SSi2. The molecule has 16 heteroatoms. The van der Waals surface area contributed by atoms with E-state index in [9.17, 15) is 18.0 Å². The monoisotopic (exact) mass is 816 g/mol. The Morgan fingerprint density at radius 1 is 1.02 bits per heavy atom. The van der Waals surface area contributed by atoms with Crippen LogP contribution in [0.15, 0.2) is 26.9 Å². The van der Waals surface area contributed by atoms with Crippen molar-refractivity contribution in [3.63, 3.8) is 0 Å². The highest BCUT2D eigenvalue weighted by atomic mass is 127. The van der Waals surface area contributed by atoms with Crippen molar-refractivity contribution >= 4 is 26.8 Å². The highest BCUT2D eigenvalue weighted by Gasteiger charge is 2.67. The van der Waals surface area contributed by atoms with E-state index >= 15 is 0 Å². The molecule has 4 atom stereocenters. The number of aromatic nitrogens is 2. The van der Waals surface area contributed by atoms with Gasteiger partial charge in [0, 0.05) is 24.7 Å². The first-order valence-electron chi connectivity index (χ1n) is 15.6. The van der Waals surface area contributed by atoms with Gasteiger partial charge in [-0.2, -0.15) is 8.42 Å². The lowest BCUT2D eigenvalue weighted by molar-refractivity contribution is -0.870. The summed E-state index contributed by atoms with van der Waals surface area (Å²) in [4.78, 5) is 27.4. The number of quaternary nitrogens is 1. The predicted octanol–water partition coefficient (Wildman–Crippen LogP) is 0.627. The third kappa shape index (κ3) is 8.29. The average molecular weight is 817 g/mol. The number of nitrogens with zero attached hydrogens (tertiary/aromatic N) is 3. The fraction of sp³-hybridized carbons (Fsp3) is 0.800. The number of ether oxygens (including phenoxy) is 1. The summed E-state index contributed by atoms with van der Waals surface area (Å²) in [5, 5.41) is 0.462. The average Bonchev–Trinajstić information content (AvgIpc) is 3.26. The molecule has 12 nitrogen and oxygen atoms in total. The van der Waals surface area contributed by atoms with E-state index < -0.39 is 56.5 Å². The van der Waals surface area contributed by atoms with Crippen LogP contribution < -0.4 is 41.0 Å². The predicted molar refractivity (Wildman–Crippen MR) is 181 cm³/mol. The second-order valence-corrected chi connectivity index (χ2v) is 27.6. The molecule has 4 unspecified atom stereocenters. The zero-order chi connectivity index (χ0) is 34.8. The first-order chi connectivity index (χ1) is 20.1. The van der Waals surface area contributed by atoms with Gasteiger partial charge in [-0.05, 0) is 43.2 Å². The number of aryl methyl sites for hydroxylation is 1. The lowest BCUT2D eigenvalue weighted by Gasteiger charge is -2.43. The molecule has 1 aromatic heterocycles. The van der Waals surface area contributed by atoms with Gasteiger partial charge in [-0.1, -0.05) is 41.5 Å². The van der Waals surface area contributed by atoms with Gasteiger partial charge in [0.1, 0.15) is 12.2 Å². The SMILES string of the molecule is Cc1cn(C2OC(CO[Si](C)(C)C(C)(C)C)C3(OS(=O)(=O)C=C3N)C2O[Si](C)(C)C(C)(C)C)c(=O)n(CCC[N+](C)(C)C)c1=O.[I-]. The second kappa shape index (κ2) is 13.5. The Labute approximate surface area is 294 Å². The van der Waals surface area contributed by atoms with Crippen molar-refractivity contribution in [2.75, 3.05) is 34.3 Å². The van der Waals surface area contributed by atoms with Crippen LogP contribution in [0, 0.1) is 6.92 Å². The summed E-state index contributed by atoms with van der Waals surface area (Å²) in [6.07, 6.45) is -1.28. The topological polar surface area (TPSA) is 141 Å². The molecule has 1 fully saturated rings. The van der Waals surface area contributed by atoms with E-state index in [2.05, 4.69) is 54.6 Å². The lowest BCUT2D eigenvalue weighted by Crippen LogP contribution is -3.00. The van der Waals surface area contributed by atoms with E-state index in [4.69, 9.17) is 23.5 Å². The zero-order valence-electron chi connectivity index (χ0n) is 30.2. The Hall–Kier alpha value is -0.866. The number of hydrogen-bond acceptors (Lipinski definition) is 9. The minimum atomic E-state index is -4.21. The second-order valence-electron chi connectivity index (χ2n) is 16.7. The van der Waals surface area contributed by atoms with Crippen LogP contribution in [0.1, 0.15) is 59.8 Å². The number of rotatable bonds is 10. The van der Waals surface area contributed by atoms with Gasteiger partial charge in [0.25, 0.3) is 15.7 Å². The summed E-state index contributed by atoms with van der Waals surface area (Å²) >= 11 is 0. The van der Waals surface area contributed by atoms with Crippen LogP contribution in [0.5, 0.6) is 0 Å². The van der Waals surface area contributed by atoms with Crippen LogP contribution in [0.3, 0.4) is 0 Å². The third-order valence-corrected chi connectivity index (χ3v) is 19.9. The Bertz CT molecular complexity index is 1540. The fourth-order valence-corrected chi connectivity index (χ4v) is 8.56. The molecule has 0 saturated carbocycles. The first-order valence-corrected chi connectivity index (χ1v) is 22.9. The summed E-state index contributed by atoms with van der Waals surface area (Å²) in [6, 6.07) is 0. The summed E-state index contributed by atoms with van der Waals surface area (Å²) in [6.45, 7) is 23.3. The number of nitrogens with two attached hydrogens (primary N) is 1. The van der Waals surface area contributed by atoms with Crippen molar-refractivity contribution in [3.8, 4) is 0 Å². The summed E-state index contributed by atoms with van der Waals surface area (Å²) in [5.74, 6) is 0. The van der Waals surface area contributed by atoms with Crippen LogP contribution in [-0.4, -0.2) is 90.8 Å². The summed E-state index contributed by atoms with van der Waals surface area (Å²) in [7, 11) is -3.11. The van der Waals surface area contributed by atoms with Crippen molar-refractivity contribution in [1.29, 1.82) is 0 Å². The largest absolute Gasteiger partial charge is 1.00 e. The summed E-state index contributed by atoms with van der Waals surface area (Å²) < 4.78 is 55.4. The molecule has 0 aliphatic carbocycles. The molecular weight excluding hydrogens is 759 g/mol. The maximum atomic E-state index is 14.1. The molecule has 0 amide bonds. The van der Waals surface area contributed by atoms with Crippen molar-refractivity contribution < 1.29 is 54.6 Å². The third-order valence-electron chi connectivity index (χ3n) is 9.92. The Morgan fingerprint density at radius 2 is 1.57 bits per heavy atom. The van der Waals surface area contributed by atoms with Gasteiger partial charge in [-0.25, -0.2) is 8.98 Å². The minimum absolute atomic E-state index is 0. The van der Waals surface area contributed by atoms with Gasteiger partial charge < -0.3 is 47.8 Å². The molecule has 1 saturated heterocycles. The van der Waals surface area contributed by atoms with Crippen LogP contribution in [0.25, 0.3) is 0 Å². The maximum Gasteiger partial charge on any atom is 0.333 e. The van der Waals surface area contributed by atoms with Gasteiger partial charge in [0.15, 0.2) is 28.5 Å². The van der Waals surface area contributed by atoms with Crippen molar-refractivity contribution in [2.24, 2.45) is 5.73 Å². The Balaban J connectivity index is 0.00000736. The highest BCUT2D eigenvalue weighted by molar-refractivity contribution is 7.90. The molecule has 0 radical (unpaired) electrons. The molecule has 2 aliphatic rings. The van der Waals surface area contributed by atoms with E-state index in [0.717, 1.165) is 12.0 Å². The molecule has 46 heavy (non-hydrogen) atoms. The molecule has 0 aromatic carbocycles. The molecule has 3 heterocycles. The Kier molecular flexibility index (Phi) is 12.1. The van der Waals surface area contributed by atoms with Gasteiger partial charge in [-0.15, -0.1) is 0 Å². The molecule has 1 spiro atoms. The maximum absolute atomic E-state index is 14.1. The fourth-order valence-electron chi connectivity index (χ4n) is 5.05. The van der Waals surface area contributed by atoms with E-state index in [-0.39, 0.29) is 58.5 Å². The number of hydrogen-bond donors (Lipinski definition) is 1. The van der Waals surface area contributed by atoms with Crippen molar-refractivity contribution in [3.05, 3.63) is 43.7 Å². The highest BCUT2D eigenvalue weighted by Crippen LogP contribution is 2.52. The molecule has 1 aromatic rings. The first kappa shape index (κ1) is 41.3. The van der Waals surface area contributed by atoms with Crippen LogP contribution in [0.4, 0.5) is 0 Å². The van der Waals surface area contributed by atoms with E-state index in [1.165, 1.54) is 15.3 Å². The van der Waals surface area contributed by atoms with Crippen molar-refractivity contribution in [1.82, 2.24) is 9.13 Å². The zero-order valence-corrected chi connectivity index (χ0v) is 35.2. The molecule has 266 valence electrons. The lowest BCUT2D eigenvalue weighted by atomic mass is 9.89. The molecule has 2 N–H and O–H groups in total. The van der Waals surface area contributed by atoms with Crippen LogP contribution in [-0.2, 0) is 34.4 Å². The van der Waals surface area contributed by atoms with Gasteiger partial charge >= 0.3 is 5.69 Å². The molecule has 0 bridgehead atoms. The smallest absolute Gasteiger partial charge is 0.333 e. The normalized spacial score (nSPS) is 25.5. The van der Waals surface area contributed by atoms with Gasteiger partial charge in [0.05, 0.1) is 45.4 Å². The van der Waals surface area contributed by atoms with Gasteiger partial charge in [-0.3, -0.25) is 13.9 Å². The van der Waals surface area contributed by atoms with E-state index in [1.807, 2.05) is 34.2 Å². The van der Waals surface area contributed by atoms with Gasteiger partial charge in [0.2, 0.25) is 0 Å². The van der Waals surface area contributed by atoms with E-state index in [1.54, 1.807) is 6.92 Å². The van der Waals surface area contributed by atoms with E-state index in [0.29, 0.717) is 16.5 Å². The molecule has 3 rings (SSSR count). The van der Waals surface area contributed by atoms with Crippen LogP contribution >= 0.6 is 0 Å². The number of halogens is 1.